The van der Waals surface area contributed by atoms with Gasteiger partial charge < -0.3 is 15.8 Å². The fourth-order valence-electron chi connectivity index (χ4n) is 1.45. The number of amides is 1. The standard InChI is InChI=1S/C12H14N4O2S2/c1-18-8-2-3-10(9(13)6-8)16-11(17)4-5-19-12-14-7-15-20-12/h2-3,6-7H,4-5,13H2,1H3,(H,16,17). The number of carbonyl (C=O) groups excluding carboxylic acids is 1. The summed E-state index contributed by atoms with van der Waals surface area (Å²) in [5, 5.41) is 2.78. The van der Waals surface area contributed by atoms with Crippen LogP contribution in [0.25, 0.3) is 0 Å². The molecule has 0 radical (unpaired) electrons. The van der Waals surface area contributed by atoms with Crippen LogP contribution >= 0.6 is 23.3 Å². The largest absolute Gasteiger partial charge is 0.497 e. The van der Waals surface area contributed by atoms with E-state index in [1.807, 2.05) is 0 Å². The molecule has 0 spiro atoms. The number of aromatic nitrogens is 2. The molecule has 2 aromatic rings. The van der Waals surface area contributed by atoms with Crippen LogP contribution in [0, 0.1) is 0 Å². The van der Waals surface area contributed by atoms with Crippen molar-refractivity contribution in [3.8, 4) is 5.75 Å². The van der Waals surface area contributed by atoms with Gasteiger partial charge in [0.2, 0.25) is 5.91 Å². The maximum absolute atomic E-state index is 11.8. The molecule has 2 rings (SSSR count). The van der Waals surface area contributed by atoms with Crippen molar-refractivity contribution in [2.24, 2.45) is 0 Å². The van der Waals surface area contributed by atoms with E-state index in [2.05, 4.69) is 14.7 Å². The van der Waals surface area contributed by atoms with Crippen LogP contribution in [0.1, 0.15) is 6.42 Å². The van der Waals surface area contributed by atoms with Gasteiger partial charge in [-0.3, -0.25) is 4.79 Å². The molecule has 8 heteroatoms. The second kappa shape index (κ2) is 7.11. The number of ether oxygens (including phenoxy) is 1. The predicted molar refractivity (Wildman–Crippen MR) is 81.3 cm³/mol. The number of hydrogen-bond donors (Lipinski definition) is 2. The van der Waals surface area contributed by atoms with Gasteiger partial charge in [0.25, 0.3) is 0 Å². The summed E-state index contributed by atoms with van der Waals surface area (Å²) in [6.07, 6.45) is 1.89. The minimum absolute atomic E-state index is 0.0844. The van der Waals surface area contributed by atoms with E-state index < -0.39 is 0 Å². The second-order valence-corrected chi connectivity index (χ2v) is 5.93. The zero-order valence-corrected chi connectivity index (χ0v) is 12.5. The number of carbonyl (C=O) groups is 1. The lowest BCUT2D eigenvalue weighted by atomic mass is 10.2. The lowest BCUT2D eigenvalue weighted by Crippen LogP contribution is -2.13. The molecule has 0 aliphatic heterocycles. The summed E-state index contributed by atoms with van der Waals surface area (Å²) in [4.78, 5) is 15.8. The number of nitrogens with two attached hydrogens (primary N) is 1. The summed E-state index contributed by atoms with van der Waals surface area (Å²) < 4.78 is 9.81. The van der Waals surface area contributed by atoms with Gasteiger partial charge in [-0.15, -0.1) is 0 Å². The second-order valence-electron chi connectivity index (χ2n) is 3.81. The molecule has 0 atom stereocenters. The third-order valence-electron chi connectivity index (χ3n) is 2.43. The average molecular weight is 310 g/mol. The third-order valence-corrected chi connectivity index (χ3v) is 4.23. The molecule has 0 fully saturated rings. The summed E-state index contributed by atoms with van der Waals surface area (Å²) >= 11 is 2.83. The van der Waals surface area contributed by atoms with E-state index in [4.69, 9.17) is 10.5 Å². The molecule has 0 saturated carbocycles. The van der Waals surface area contributed by atoms with E-state index in [0.29, 0.717) is 29.3 Å². The Morgan fingerprint density at radius 1 is 1.55 bits per heavy atom. The van der Waals surface area contributed by atoms with Crippen LogP contribution in [0.15, 0.2) is 28.9 Å². The maximum Gasteiger partial charge on any atom is 0.225 e. The third kappa shape index (κ3) is 4.10. The number of benzene rings is 1. The number of nitrogen functional groups attached to an aromatic ring is 1. The molecule has 20 heavy (non-hydrogen) atoms. The van der Waals surface area contributed by atoms with Gasteiger partial charge in [-0.05, 0) is 23.7 Å². The van der Waals surface area contributed by atoms with E-state index in [0.717, 1.165) is 4.34 Å². The van der Waals surface area contributed by atoms with Gasteiger partial charge in [0.15, 0.2) is 4.34 Å². The number of hydrogen-bond acceptors (Lipinski definition) is 7. The van der Waals surface area contributed by atoms with Crippen molar-refractivity contribution in [2.45, 2.75) is 10.8 Å². The van der Waals surface area contributed by atoms with Crippen LogP contribution in [-0.4, -0.2) is 28.1 Å². The Kier molecular flexibility index (Phi) is 5.19. The Balaban J connectivity index is 1.82. The summed E-state index contributed by atoms with van der Waals surface area (Å²) in [5.74, 6) is 1.23. The van der Waals surface area contributed by atoms with Gasteiger partial charge in [-0.1, -0.05) is 11.8 Å². The van der Waals surface area contributed by atoms with Gasteiger partial charge in [0.05, 0.1) is 18.5 Å². The highest BCUT2D eigenvalue weighted by atomic mass is 32.2. The Morgan fingerprint density at radius 2 is 2.40 bits per heavy atom. The number of thioether (sulfide) groups is 1. The van der Waals surface area contributed by atoms with Crippen molar-refractivity contribution in [1.29, 1.82) is 0 Å². The molecular formula is C12H14N4O2S2. The number of rotatable bonds is 6. The molecule has 3 N–H and O–H groups in total. The maximum atomic E-state index is 11.8. The highest BCUT2D eigenvalue weighted by Gasteiger charge is 2.07. The summed E-state index contributed by atoms with van der Waals surface area (Å²) in [5.41, 5.74) is 6.91. The van der Waals surface area contributed by atoms with Crippen LogP contribution in [0.5, 0.6) is 5.75 Å². The first-order chi connectivity index (χ1) is 9.69. The van der Waals surface area contributed by atoms with Crippen LogP contribution in [0.2, 0.25) is 0 Å². The molecular weight excluding hydrogens is 296 g/mol. The first kappa shape index (κ1) is 14.6. The predicted octanol–water partition coefficient (Wildman–Crippen LogP) is 2.25. The molecule has 1 aromatic heterocycles. The van der Waals surface area contributed by atoms with Crippen molar-refractivity contribution >= 4 is 40.6 Å². The highest BCUT2D eigenvalue weighted by Crippen LogP contribution is 2.24. The van der Waals surface area contributed by atoms with Crippen LogP contribution in [0.4, 0.5) is 11.4 Å². The zero-order chi connectivity index (χ0) is 14.4. The monoisotopic (exact) mass is 310 g/mol. The van der Waals surface area contributed by atoms with Crippen molar-refractivity contribution in [2.75, 3.05) is 23.9 Å². The minimum atomic E-state index is -0.0844. The van der Waals surface area contributed by atoms with E-state index in [-0.39, 0.29) is 5.91 Å². The molecule has 1 aromatic carbocycles. The van der Waals surface area contributed by atoms with Crippen LogP contribution in [0.3, 0.4) is 0 Å². The number of methoxy groups -OCH3 is 1. The Labute approximate surface area is 124 Å². The van der Waals surface area contributed by atoms with E-state index in [9.17, 15) is 4.79 Å². The molecule has 1 amide bonds. The van der Waals surface area contributed by atoms with Crippen molar-refractivity contribution in [3.63, 3.8) is 0 Å². The first-order valence-corrected chi connectivity index (χ1v) is 7.58. The molecule has 0 unspecified atom stereocenters. The van der Waals surface area contributed by atoms with Gasteiger partial charge >= 0.3 is 0 Å². The Hall–Kier alpha value is -1.80. The van der Waals surface area contributed by atoms with E-state index >= 15 is 0 Å². The number of nitrogens with zero attached hydrogens (tertiary/aromatic N) is 2. The Bertz CT molecular complexity index is 575. The highest BCUT2D eigenvalue weighted by molar-refractivity contribution is 8.00. The SMILES string of the molecule is COc1ccc(NC(=O)CCSc2ncns2)c(N)c1. The van der Waals surface area contributed by atoms with Crippen molar-refractivity contribution in [3.05, 3.63) is 24.5 Å². The molecule has 0 aliphatic rings. The Morgan fingerprint density at radius 3 is 3.05 bits per heavy atom. The van der Waals surface area contributed by atoms with Gasteiger partial charge in [0, 0.05) is 18.2 Å². The average Bonchev–Trinajstić information content (AvgIpc) is 2.94. The summed E-state index contributed by atoms with van der Waals surface area (Å²) in [7, 11) is 1.57. The molecule has 1 heterocycles. The molecule has 0 bridgehead atoms. The molecule has 106 valence electrons. The van der Waals surface area contributed by atoms with Gasteiger partial charge in [-0.25, -0.2) is 4.98 Å². The topological polar surface area (TPSA) is 90.1 Å². The van der Waals surface area contributed by atoms with Gasteiger partial charge in [0.1, 0.15) is 12.1 Å². The first-order valence-electron chi connectivity index (χ1n) is 5.82. The normalized spacial score (nSPS) is 10.2. The van der Waals surface area contributed by atoms with Crippen LogP contribution in [-0.2, 0) is 4.79 Å². The van der Waals surface area contributed by atoms with Crippen LogP contribution < -0.4 is 15.8 Å². The quantitative estimate of drug-likeness (QED) is 0.628. The number of nitrogens with one attached hydrogen (secondary N) is 1. The minimum Gasteiger partial charge on any atom is -0.497 e. The molecule has 0 aliphatic carbocycles. The zero-order valence-electron chi connectivity index (χ0n) is 10.8. The molecule has 0 saturated heterocycles. The van der Waals surface area contributed by atoms with Gasteiger partial charge in [-0.2, -0.15) is 4.37 Å². The fourth-order valence-corrected chi connectivity index (χ4v) is 2.90. The fraction of sp³-hybridized carbons (Fsp3) is 0.250. The lowest BCUT2D eigenvalue weighted by Gasteiger charge is -2.09. The lowest BCUT2D eigenvalue weighted by molar-refractivity contribution is -0.115. The summed E-state index contributed by atoms with van der Waals surface area (Å²) in [6, 6.07) is 5.15. The number of anilines is 2. The summed E-state index contributed by atoms with van der Waals surface area (Å²) in [6.45, 7) is 0. The van der Waals surface area contributed by atoms with Crippen molar-refractivity contribution < 1.29 is 9.53 Å². The van der Waals surface area contributed by atoms with E-state index in [1.165, 1.54) is 29.6 Å². The van der Waals surface area contributed by atoms with Crippen molar-refractivity contribution in [1.82, 2.24) is 9.36 Å². The van der Waals surface area contributed by atoms with E-state index in [1.54, 1.807) is 25.3 Å². The molecule has 6 nitrogen and oxygen atoms in total. The smallest absolute Gasteiger partial charge is 0.225 e.